The summed E-state index contributed by atoms with van der Waals surface area (Å²) in [6, 6.07) is 0. The highest BCUT2D eigenvalue weighted by Crippen LogP contribution is 1.43. The maximum atomic E-state index is 9.24. The molecular formula is C2H6NO2+. The Bertz CT molecular complexity index is 46.8. The highest BCUT2D eigenvalue weighted by atomic mass is 16.4. The SMILES string of the molecule is NCC(=O)O.[H+]. The van der Waals surface area contributed by atoms with E-state index < -0.39 is 5.97 Å². The normalized spacial score (nSPS) is 7.40. The average Bonchev–Trinajstić information content (AvgIpc) is 1.38. The van der Waals surface area contributed by atoms with E-state index in [4.69, 9.17) is 5.11 Å². The summed E-state index contributed by atoms with van der Waals surface area (Å²) < 4.78 is 0. The molecule has 0 aromatic heterocycles. The third kappa shape index (κ3) is 3.43. The van der Waals surface area contributed by atoms with Crippen LogP contribution in [-0.4, -0.2) is 17.6 Å². The van der Waals surface area contributed by atoms with Crippen molar-refractivity contribution in [1.29, 1.82) is 0 Å². The first-order valence-electron chi connectivity index (χ1n) is 1.19. The third-order valence-corrected chi connectivity index (χ3v) is 0.175. The summed E-state index contributed by atoms with van der Waals surface area (Å²) in [6.45, 7) is -0.278. The summed E-state index contributed by atoms with van der Waals surface area (Å²) in [5.74, 6) is -0.968. The molecule has 0 unspecified atom stereocenters. The van der Waals surface area contributed by atoms with Crippen molar-refractivity contribution >= 4 is 5.97 Å². The zero-order chi connectivity index (χ0) is 4.28. The molecule has 0 atom stereocenters. The van der Waals surface area contributed by atoms with Crippen molar-refractivity contribution in [3.63, 3.8) is 0 Å². The van der Waals surface area contributed by atoms with E-state index in [0.29, 0.717) is 0 Å². The predicted octanol–water partition coefficient (Wildman–Crippen LogP) is -0.858. The molecule has 0 radical (unpaired) electrons. The van der Waals surface area contributed by atoms with E-state index >= 15 is 0 Å². The summed E-state index contributed by atoms with van der Waals surface area (Å²) in [5.41, 5.74) is 4.57. The fourth-order valence-electron chi connectivity index (χ4n) is 0. The molecule has 0 aliphatic rings. The van der Waals surface area contributed by atoms with Crippen LogP contribution in [0.4, 0.5) is 0 Å². The highest BCUT2D eigenvalue weighted by molar-refractivity contribution is 5.68. The lowest BCUT2D eigenvalue weighted by Gasteiger charge is -1.73. The number of carboxylic acid groups (broad SMARTS) is 1. The molecule has 0 saturated carbocycles. The van der Waals surface area contributed by atoms with Crippen LogP contribution in [0.3, 0.4) is 0 Å². The first-order valence-corrected chi connectivity index (χ1v) is 1.19. The second kappa shape index (κ2) is 1.72. The largest absolute Gasteiger partial charge is 1.00 e. The first-order chi connectivity index (χ1) is 2.27. The second-order valence-electron chi connectivity index (χ2n) is 0.598. The Morgan fingerprint density at radius 1 is 2.20 bits per heavy atom. The Hall–Kier alpha value is -0.570. The molecule has 30 valence electrons. The number of hydrogen-bond acceptors (Lipinski definition) is 2. The zero-order valence-corrected chi connectivity index (χ0v) is 2.64. The van der Waals surface area contributed by atoms with Crippen molar-refractivity contribution in [3.05, 3.63) is 0 Å². The van der Waals surface area contributed by atoms with E-state index in [1.165, 1.54) is 0 Å². The molecule has 0 heterocycles. The van der Waals surface area contributed by atoms with E-state index in [2.05, 4.69) is 5.73 Å². The molecule has 0 spiro atoms. The third-order valence-electron chi connectivity index (χ3n) is 0.175. The van der Waals surface area contributed by atoms with Crippen LogP contribution in [0.1, 0.15) is 1.43 Å². The van der Waals surface area contributed by atoms with Gasteiger partial charge in [0.2, 0.25) is 0 Å². The van der Waals surface area contributed by atoms with Gasteiger partial charge in [-0.25, -0.2) is 0 Å². The van der Waals surface area contributed by atoms with Crippen LogP contribution in [0.25, 0.3) is 0 Å². The first kappa shape index (κ1) is 4.43. The van der Waals surface area contributed by atoms with Gasteiger partial charge in [-0.05, 0) is 0 Å². The van der Waals surface area contributed by atoms with Crippen molar-refractivity contribution in [2.45, 2.75) is 0 Å². The number of aliphatic carboxylic acids is 1. The molecule has 3 nitrogen and oxygen atoms in total. The molecule has 0 saturated heterocycles. The van der Waals surface area contributed by atoms with E-state index in [1.807, 2.05) is 0 Å². The topological polar surface area (TPSA) is 63.3 Å². The predicted molar refractivity (Wildman–Crippen MR) is 17.8 cm³/mol. The lowest BCUT2D eigenvalue weighted by molar-refractivity contribution is -0.135. The van der Waals surface area contributed by atoms with Crippen LogP contribution in [0.2, 0.25) is 0 Å². The lowest BCUT2D eigenvalue weighted by Crippen LogP contribution is -2.10. The summed E-state index contributed by atoms with van der Waals surface area (Å²) in [5, 5.41) is 7.60. The smallest absolute Gasteiger partial charge is 0.480 e. The average molecular weight is 76.1 g/mol. The van der Waals surface area contributed by atoms with Gasteiger partial charge in [-0.3, -0.25) is 4.79 Å². The molecule has 0 aliphatic carbocycles. The Labute approximate surface area is 30.9 Å². The van der Waals surface area contributed by atoms with Gasteiger partial charge in [0, 0.05) is 0 Å². The van der Waals surface area contributed by atoms with Gasteiger partial charge in [0.25, 0.3) is 0 Å². The van der Waals surface area contributed by atoms with Crippen molar-refractivity contribution < 1.29 is 11.3 Å². The number of rotatable bonds is 1. The van der Waals surface area contributed by atoms with Crippen LogP contribution < -0.4 is 5.73 Å². The van der Waals surface area contributed by atoms with Gasteiger partial charge in [-0.2, -0.15) is 0 Å². The fraction of sp³-hybridized carbons (Fsp3) is 0.500. The molecule has 5 heavy (non-hydrogen) atoms. The molecule has 0 rings (SSSR count). The molecule has 0 fully saturated rings. The van der Waals surface area contributed by atoms with Crippen molar-refractivity contribution in [3.8, 4) is 0 Å². The Kier molecular flexibility index (Phi) is 1.53. The standard InChI is InChI=1S/C2H5NO2/c3-1-2(4)5/h1,3H2,(H,4,5)/p+1. The summed E-state index contributed by atoms with van der Waals surface area (Å²) in [4.78, 5) is 9.24. The molecule has 0 amide bonds. The van der Waals surface area contributed by atoms with Crippen LogP contribution >= 0.6 is 0 Å². The van der Waals surface area contributed by atoms with Gasteiger partial charge in [0.05, 0.1) is 6.54 Å². The van der Waals surface area contributed by atoms with Crippen molar-refractivity contribution in [2.24, 2.45) is 5.73 Å². The van der Waals surface area contributed by atoms with Gasteiger partial charge < -0.3 is 10.8 Å². The molecular weight excluding hydrogens is 70.0 g/mol. The highest BCUT2D eigenvalue weighted by Gasteiger charge is 1.81. The van der Waals surface area contributed by atoms with E-state index in [1.54, 1.807) is 0 Å². The van der Waals surface area contributed by atoms with E-state index in [-0.39, 0.29) is 7.97 Å². The minimum atomic E-state index is -0.968. The molecule has 3 heteroatoms. The van der Waals surface area contributed by atoms with Gasteiger partial charge in [-0.15, -0.1) is 0 Å². The van der Waals surface area contributed by atoms with Crippen molar-refractivity contribution in [2.75, 3.05) is 6.54 Å². The molecule has 0 aliphatic heterocycles. The molecule has 0 aromatic carbocycles. The van der Waals surface area contributed by atoms with Crippen LogP contribution in [0.5, 0.6) is 0 Å². The maximum absolute atomic E-state index is 9.24. The van der Waals surface area contributed by atoms with Gasteiger partial charge >= 0.3 is 7.40 Å². The Morgan fingerprint density at radius 3 is 2.40 bits per heavy atom. The second-order valence-corrected chi connectivity index (χ2v) is 0.598. The Balaban J connectivity index is 0. The number of nitrogens with two attached hydrogens (primary N) is 1. The van der Waals surface area contributed by atoms with E-state index in [9.17, 15) is 4.79 Å². The van der Waals surface area contributed by atoms with E-state index in [0.717, 1.165) is 0 Å². The van der Waals surface area contributed by atoms with Gasteiger partial charge in [-0.1, -0.05) is 0 Å². The zero-order valence-electron chi connectivity index (χ0n) is 3.64. The van der Waals surface area contributed by atoms with Crippen molar-refractivity contribution in [1.82, 2.24) is 0 Å². The minimum Gasteiger partial charge on any atom is -0.480 e. The monoisotopic (exact) mass is 76.0 g/mol. The molecule has 0 aromatic rings. The number of hydrogen-bond donors (Lipinski definition) is 2. The van der Waals surface area contributed by atoms with Crippen LogP contribution in [0, 0.1) is 0 Å². The fourth-order valence-corrected chi connectivity index (χ4v) is 0. The maximum Gasteiger partial charge on any atom is 1.00 e. The lowest BCUT2D eigenvalue weighted by atomic mass is 10.7. The quantitative estimate of drug-likeness (QED) is 0.427. The van der Waals surface area contributed by atoms with Crippen LogP contribution in [-0.2, 0) is 4.79 Å². The minimum absolute atomic E-state index is 0. The van der Waals surface area contributed by atoms with Gasteiger partial charge in [0.15, 0.2) is 0 Å². The summed E-state index contributed by atoms with van der Waals surface area (Å²) in [7, 11) is 0. The summed E-state index contributed by atoms with van der Waals surface area (Å²) >= 11 is 0. The Morgan fingerprint density at radius 2 is 2.40 bits per heavy atom. The van der Waals surface area contributed by atoms with Crippen LogP contribution in [0.15, 0.2) is 0 Å². The molecule has 0 bridgehead atoms. The number of carboxylic acids is 1. The molecule has 3 N–H and O–H groups in total. The van der Waals surface area contributed by atoms with Gasteiger partial charge in [0.1, 0.15) is 0 Å². The number of carbonyl (C=O) groups is 1. The summed E-state index contributed by atoms with van der Waals surface area (Å²) in [6.07, 6.45) is 0.